The molecule has 0 bridgehead atoms. The van der Waals surface area contributed by atoms with Crippen LogP contribution in [0.3, 0.4) is 0 Å². The Balaban J connectivity index is 1.44. The molecule has 0 aliphatic carbocycles. The number of carbonyl (C=O) groups excluding carboxylic acids is 1. The van der Waals surface area contributed by atoms with Crippen molar-refractivity contribution in [2.75, 3.05) is 6.54 Å². The van der Waals surface area contributed by atoms with Crippen LogP contribution >= 0.6 is 11.6 Å². The number of halogens is 1. The Morgan fingerprint density at radius 1 is 1.00 bits per heavy atom. The lowest BCUT2D eigenvalue weighted by molar-refractivity contribution is 0.0952. The van der Waals surface area contributed by atoms with Crippen molar-refractivity contribution in [1.82, 2.24) is 30.0 Å². The Morgan fingerprint density at radius 2 is 1.71 bits per heavy atom. The first-order chi connectivity index (χ1) is 16.9. The Bertz CT molecular complexity index is 1450. The van der Waals surface area contributed by atoms with Crippen LogP contribution in [-0.2, 0) is 0 Å². The molecule has 1 atom stereocenters. The second-order valence-corrected chi connectivity index (χ2v) is 9.14. The van der Waals surface area contributed by atoms with Gasteiger partial charge in [-0.3, -0.25) is 9.36 Å². The van der Waals surface area contributed by atoms with Gasteiger partial charge in [-0.1, -0.05) is 41.9 Å². The molecule has 0 radical (unpaired) electrons. The first-order valence-electron chi connectivity index (χ1n) is 11.4. The van der Waals surface area contributed by atoms with Gasteiger partial charge in [-0.15, -0.1) is 10.2 Å². The topological polar surface area (TPSA) is 88.5 Å². The molecule has 35 heavy (non-hydrogen) atoms. The second-order valence-electron chi connectivity index (χ2n) is 8.74. The third kappa shape index (κ3) is 4.55. The smallest absolute Gasteiger partial charge is 0.253 e. The quantitative estimate of drug-likeness (QED) is 0.343. The zero-order valence-electron chi connectivity index (χ0n) is 19.7. The van der Waals surface area contributed by atoms with Gasteiger partial charge in [0.2, 0.25) is 0 Å². The summed E-state index contributed by atoms with van der Waals surface area (Å²) >= 11 is 6.55. The van der Waals surface area contributed by atoms with E-state index in [1.165, 1.54) is 11.1 Å². The molecule has 0 aliphatic heterocycles. The van der Waals surface area contributed by atoms with Crippen LogP contribution in [0.1, 0.15) is 44.4 Å². The van der Waals surface area contributed by atoms with E-state index in [1.807, 2.05) is 43.3 Å². The number of aromatic amines is 1. The van der Waals surface area contributed by atoms with Crippen LogP contribution < -0.4 is 5.32 Å². The minimum absolute atomic E-state index is 0.149. The Morgan fingerprint density at radius 3 is 2.43 bits per heavy atom. The van der Waals surface area contributed by atoms with Crippen LogP contribution in [0.5, 0.6) is 0 Å². The molecule has 176 valence electrons. The number of amides is 1. The molecule has 3 aromatic carbocycles. The van der Waals surface area contributed by atoms with Crippen molar-refractivity contribution in [3.63, 3.8) is 0 Å². The van der Waals surface area contributed by atoms with E-state index in [4.69, 9.17) is 16.6 Å². The van der Waals surface area contributed by atoms with Gasteiger partial charge in [0, 0.05) is 12.2 Å². The Hall–Kier alpha value is -3.97. The molecule has 0 fully saturated rings. The van der Waals surface area contributed by atoms with E-state index >= 15 is 0 Å². The van der Waals surface area contributed by atoms with Gasteiger partial charge in [0.15, 0.2) is 0 Å². The summed E-state index contributed by atoms with van der Waals surface area (Å²) < 4.78 is 1.75. The number of nitrogens with one attached hydrogen (secondary N) is 2. The number of hydrogen-bond donors (Lipinski definition) is 2. The zero-order valence-corrected chi connectivity index (χ0v) is 20.5. The monoisotopic (exact) mass is 484 g/mol. The lowest BCUT2D eigenvalue weighted by atomic mass is 9.98. The van der Waals surface area contributed by atoms with Crippen molar-refractivity contribution in [1.29, 1.82) is 0 Å². The van der Waals surface area contributed by atoms with Crippen LogP contribution in [0, 0.1) is 20.8 Å². The number of benzene rings is 3. The molecule has 0 saturated carbocycles. The van der Waals surface area contributed by atoms with Crippen molar-refractivity contribution >= 4 is 28.5 Å². The van der Waals surface area contributed by atoms with Crippen LogP contribution in [-0.4, -0.2) is 37.2 Å². The largest absolute Gasteiger partial charge is 0.351 e. The minimum atomic E-state index is -0.230. The minimum Gasteiger partial charge on any atom is -0.351 e. The molecule has 0 saturated heterocycles. The number of carbonyl (C=O) groups is 1. The maximum Gasteiger partial charge on any atom is 0.253 e. The van der Waals surface area contributed by atoms with Gasteiger partial charge in [-0.2, -0.15) is 0 Å². The van der Waals surface area contributed by atoms with Gasteiger partial charge in [-0.25, -0.2) is 4.98 Å². The van der Waals surface area contributed by atoms with Crippen molar-refractivity contribution < 1.29 is 4.79 Å². The highest BCUT2D eigenvalue weighted by atomic mass is 35.5. The Kier molecular flexibility index (Phi) is 6.09. The molecule has 0 aliphatic rings. The van der Waals surface area contributed by atoms with Gasteiger partial charge in [0.1, 0.15) is 18.5 Å². The summed E-state index contributed by atoms with van der Waals surface area (Å²) in [7, 11) is 0. The van der Waals surface area contributed by atoms with Gasteiger partial charge < -0.3 is 10.3 Å². The SMILES string of the molecule is Cc1cc2nc(C(CNC(=O)c3c(C)cc(-n4cnnc4)cc3Cl)c3ccccc3)[nH]c2cc1C. The number of H-pyrrole nitrogens is 1. The van der Waals surface area contributed by atoms with Gasteiger partial charge in [-0.05, 0) is 67.3 Å². The van der Waals surface area contributed by atoms with Crippen molar-refractivity contribution in [3.8, 4) is 5.69 Å². The normalized spacial score (nSPS) is 12.1. The standard InChI is InChI=1S/C27H25ClN6O/c1-16-10-23-24(11-17(16)2)33-26(32-23)21(19-7-5-4-6-8-19)13-29-27(35)25-18(3)9-20(12-22(25)28)34-14-30-31-15-34/h4-12,14-15,21H,13H2,1-3H3,(H,29,35)(H,32,33). The fourth-order valence-electron chi connectivity index (χ4n) is 4.29. The molecule has 5 aromatic rings. The van der Waals surface area contributed by atoms with Gasteiger partial charge in [0.05, 0.1) is 27.5 Å². The molecule has 5 rings (SSSR count). The predicted octanol–water partition coefficient (Wildman–Crippen LogP) is 5.28. The fourth-order valence-corrected chi connectivity index (χ4v) is 4.64. The molecule has 0 spiro atoms. The van der Waals surface area contributed by atoms with E-state index < -0.39 is 0 Å². The lowest BCUT2D eigenvalue weighted by Crippen LogP contribution is -2.30. The van der Waals surface area contributed by atoms with Gasteiger partial charge >= 0.3 is 0 Å². The van der Waals surface area contributed by atoms with Crippen molar-refractivity contribution in [2.24, 2.45) is 0 Å². The summed E-state index contributed by atoms with van der Waals surface area (Å²) in [4.78, 5) is 21.6. The van der Waals surface area contributed by atoms with Gasteiger partial charge in [0.25, 0.3) is 5.91 Å². The zero-order chi connectivity index (χ0) is 24.5. The number of hydrogen-bond acceptors (Lipinski definition) is 4. The summed E-state index contributed by atoms with van der Waals surface area (Å²) in [6.45, 7) is 6.40. The number of aromatic nitrogens is 5. The average molecular weight is 485 g/mol. The highest BCUT2D eigenvalue weighted by Gasteiger charge is 2.22. The third-order valence-corrected chi connectivity index (χ3v) is 6.63. The lowest BCUT2D eigenvalue weighted by Gasteiger charge is -2.17. The first kappa shape index (κ1) is 22.8. The van der Waals surface area contributed by atoms with E-state index in [0.717, 1.165) is 33.7 Å². The fraction of sp³-hybridized carbons (Fsp3) is 0.185. The summed E-state index contributed by atoms with van der Waals surface area (Å²) in [6, 6.07) is 17.9. The van der Waals surface area contributed by atoms with E-state index in [-0.39, 0.29) is 11.8 Å². The average Bonchev–Trinajstić information content (AvgIpc) is 3.50. The van der Waals surface area contributed by atoms with Crippen molar-refractivity contribution in [2.45, 2.75) is 26.7 Å². The molecule has 2 aromatic heterocycles. The van der Waals surface area contributed by atoms with Crippen LogP contribution in [0.4, 0.5) is 0 Å². The number of rotatable bonds is 6. The molecule has 8 heteroatoms. The number of imidazole rings is 1. The first-order valence-corrected chi connectivity index (χ1v) is 11.7. The molecule has 2 heterocycles. The number of aryl methyl sites for hydroxylation is 3. The third-order valence-electron chi connectivity index (χ3n) is 6.33. The van der Waals surface area contributed by atoms with Crippen LogP contribution in [0.15, 0.2) is 67.3 Å². The number of nitrogens with zero attached hydrogens (tertiary/aromatic N) is 4. The summed E-state index contributed by atoms with van der Waals surface area (Å²) in [6.07, 6.45) is 3.18. The molecule has 2 N–H and O–H groups in total. The summed E-state index contributed by atoms with van der Waals surface area (Å²) in [5.74, 6) is 0.428. The maximum atomic E-state index is 13.3. The molecule has 7 nitrogen and oxygen atoms in total. The van der Waals surface area contributed by atoms with Crippen LogP contribution in [0.25, 0.3) is 16.7 Å². The van der Waals surface area contributed by atoms with E-state index in [2.05, 4.69) is 46.5 Å². The molecule has 1 amide bonds. The van der Waals surface area contributed by atoms with E-state index in [9.17, 15) is 4.79 Å². The summed E-state index contributed by atoms with van der Waals surface area (Å²) in [5.41, 5.74) is 7.38. The molecular weight excluding hydrogens is 460 g/mol. The van der Waals surface area contributed by atoms with E-state index in [0.29, 0.717) is 17.1 Å². The van der Waals surface area contributed by atoms with E-state index in [1.54, 1.807) is 23.3 Å². The highest BCUT2D eigenvalue weighted by molar-refractivity contribution is 6.34. The second kappa shape index (κ2) is 9.35. The summed E-state index contributed by atoms with van der Waals surface area (Å²) in [5, 5.41) is 11.1. The predicted molar refractivity (Wildman–Crippen MR) is 137 cm³/mol. The Labute approximate surface area is 208 Å². The van der Waals surface area contributed by atoms with Crippen molar-refractivity contribution in [3.05, 3.63) is 106 Å². The van der Waals surface area contributed by atoms with Crippen LogP contribution in [0.2, 0.25) is 5.02 Å². The number of fused-ring (bicyclic) bond motifs is 1. The molecule has 1 unspecified atom stereocenters. The highest BCUT2D eigenvalue weighted by Crippen LogP contribution is 2.27. The maximum absolute atomic E-state index is 13.3. The molecular formula is C27H25ClN6O.